The van der Waals surface area contributed by atoms with Crippen molar-refractivity contribution in [1.29, 1.82) is 5.26 Å². The number of nitriles is 1. The molecule has 0 atom stereocenters. The molecule has 1 aliphatic carbocycles. The lowest BCUT2D eigenvalue weighted by Crippen LogP contribution is -2.34. The molecule has 0 saturated heterocycles. The summed E-state index contributed by atoms with van der Waals surface area (Å²) in [6.45, 7) is 5.26. The molecule has 2 aromatic rings. The van der Waals surface area contributed by atoms with Crippen LogP contribution in [0.15, 0.2) is 18.3 Å². The summed E-state index contributed by atoms with van der Waals surface area (Å²) in [5, 5.41) is 9.82. The number of fused-ring (bicyclic) bond motifs is 3. The molecule has 0 unspecified atom stereocenters. The van der Waals surface area contributed by atoms with Gasteiger partial charge in [-0.1, -0.05) is 11.6 Å². The number of hydrogen-bond acceptors (Lipinski definition) is 4. The zero-order valence-corrected chi connectivity index (χ0v) is 15.6. The predicted octanol–water partition coefficient (Wildman–Crippen LogP) is 4.69. The van der Waals surface area contributed by atoms with Crippen LogP contribution in [0, 0.1) is 17.1 Å². The summed E-state index contributed by atoms with van der Waals surface area (Å²) in [5.41, 5.74) is 1.97. The van der Waals surface area contributed by atoms with Gasteiger partial charge in [0.2, 0.25) is 0 Å². The van der Waals surface area contributed by atoms with Gasteiger partial charge in [0.05, 0.1) is 22.0 Å². The molecule has 0 bridgehead atoms. The molecule has 0 spiro atoms. The maximum atomic E-state index is 14.6. The van der Waals surface area contributed by atoms with Crippen LogP contribution in [0.2, 0.25) is 5.02 Å². The van der Waals surface area contributed by atoms with Crippen molar-refractivity contribution in [1.82, 2.24) is 4.98 Å². The van der Waals surface area contributed by atoms with E-state index in [0.29, 0.717) is 39.5 Å². The fourth-order valence-electron chi connectivity index (χ4n) is 2.98. The summed E-state index contributed by atoms with van der Waals surface area (Å²) in [5.74, 6) is -0.704. The standard InChI is InChI=1S/C19H17ClFN3O2/c1-19(2,3)26-18(25)24(4)16-7-14(21)13(8-22)17-11-5-10(20)9-23-15(11)6-12(16)17/h5,7,9H,6H2,1-4H3. The lowest BCUT2D eigenvalue weighted by atomic mass is 9.98. The van der Waals surface area contributed by atoms with Crippen LogP contribution in [0.3, 0.4) is 0 Å². The smallest absolute Gasteiger partial charge is 0.414 e. The van der Waals surface area contributed by atoms with Crippen LogP contribution in [-0.2, 0) is 11.2 Å². The number of nitrogens with zero attached hydrogens (tertiary/aromatic N) is 3. The molecule has 0 N–H and O–H groups in total. The number of carbonyl (C=O) groups is 1. The van der Waals surface area contributed by atoms with Gasteiger partial charge >= 0.3 is 6.09 Å². The zero-order chi connectivity index (χ0) is 19.2. The van der Waals surface area contributed by atoms with Gasteiger partial charge in [-0.05, 0) is 38.5 Å². The van der Waals surface area contributed by atoms with Crippen LogP contribution < -0.4 is 4.90 Å². The Morgan fingerprint density at radius 3 is 2.73 bits per heavy atom. The monoisotopic (exact) mass is 373 g/mol. The van der Waals surface area contributed by atoms with Gasteiger partial charge in [0.15, 0.2) is 0 Å². The van der Waals surface area contributed by atoms with E-state index >= 15 is 0 Å². The quantitative estimate of drug-likeness (QED) is 0.620. The van der Waals surface area contributed by atoms with Crippen molar-refractivity contribution in [3.63, 3.8) is 0 Å². The summed E-state index contributed by atoms with van der Waals surface area (Å²) < 4.78 is 20.0. The van der Waals surface area contributed by atoms with E-state index in [1.54, 1.807) is 26.8 Å². The minimum Gasteiger partial charge on any atom is -0.443 e. The fourth-order valence-corrected chi connectivity index (χ4v) is 3.14. The highest BCUT2D eigenvalue weighted by Crippen LogP contribution is 2.44. The van der Waals surface area contributed by atoms with Gasteiger partial charge in [0.1, 0.15) is 17.5 Å². The second kappa shape index (κ2) is 6.26. The first-order valence-electron chi connectivity index (χ1n) is 7.99. The molecule has 1 aromatic carbocycles. The minimum absolute atomic E-state index is 0.0795. The largest absolute Gasteiger partial charge is 0.443 e. The van der Waals surface area contributed by atoms with E-state index in [1.165, 1.54) is 24.2 Å². The number of anilines is 1. The highest BCUT2D eigenvalue weighted by Gasteiger charge is 2.31. The highest BCUT2D eigenvalue weighted by molar-refractivity contribution is 6.30. The predicted molar refractivity (Wildman–Crippen MR) is 96.8 cm³/mol. The van der Waals surface area contributed by atoms with E-state index in [9.17, 15) is 14.4 Å². The van der Waals surface area contributed by atoms with Gasteiger partial charge in [-0.3, -0.25) is 9.88 Å². The van der Waals surface area contributed by atoms with Gasteiger partial charge in [0.25, 0.3) is 0 Å². The van der Waals surface area contributed by atoms with Gasteiger partial charge in [-0.25, -0.2) is 9.18 Å². The van der Waals surface area contributed by atoms with Gasteiger partial charge in [-0.15, -0.1) is 0 Å². The Morgan fingerprint density at radius 2 is 2.12 bits per heavy atom. The molecule has 26 heavy (non-hydrogen) atoms. The van der Waals surface area contributed by atoms with Crippen molar-refractivity contribution >= 4 is 23.4 Å². The number of rotatable bonds is 1. The van der Waals surface area contributed by atoms with Crippen LogP contribution in [0.1, 0.15) is 37.6 Å². The first-order chi connectivity index (χ1) is 12.1. The highest BCUT2D eigenvalue weighted by atomic mass is 35.5. The number of ether oxygens (including phenoxy) is 1. The number of carbonyl (C=O) groups excluding carboxylic acids is 1. The normalized spacial score (nSPS) is 12.2. The molecule has 5 nitrogen and oxygen atoms in total. The topological polar surface area (TPSA) is 66.2 Å². The van der Waals surface area contributed by atoms with Crippen molar-refractivity contribution in [3.8, 4) is 17.2 Å². The van der Waals surface area contributed by atoms with Gasteiger partial charge in [0, 0.05) is 30.8 Å². The third-order valence-electron chi connectivity index (χ3n) is 4.05. The van der Waals surface area contributed by atoms with Crippen LogP contribution in [0.5, 0.6) is 0 Å². The van der Waals surface area contributed by atoms with E-state index < -0.39 is 17.5 Å². The van der Waals surface area contributed by atoms with Crippen molar-refractivity contribution in [2.75, 3.05) is 11.9 Å². The SMILES string of the molecule is CN(C(=O)OC(C)(C)C)c1cc(F)c(C#N)c2c1Cc1ncc(Cl)cc1-2. The molecule has 1 aromatic heterocycles. The lowest BCUT2D eigenvalue weighted by molar-refractivity contribution is 0.0589. The van der Waals surface area contributed by atoms with Crippen molar-refractivity contribution in [2.24, 2.45) is 0 Å². The molecule has 1 heterocycles. The van der Waals surface area contributed by atoms with Crippen LogP contribution in [0.25, 0.3) is 11.1 Å². The summed E-state index contributed by atoms with van der Waals surface area (Å²) in [6, 6.07) is 4.76. The molecule has 3 rings (SSSR count). The average Bonchev–Trinajstić information content (AvgIpc) is 2.90. The summed E-state index contributed by atoms with van der Waals surface area (Å²) in [4.78, 5) is 18.0. The Bertz CT molecular complexity index is 961. The van der Waals surface area contributed by atoms with E-state index in [4.69, 9.17) is 16.3 Å². The fraction of sp³-hybridized carbons (Fsp3) is 0.316. The summed E-state index contributed by atoms with van der Waals surface area (Å²) >= 11 is 6.03. The Morgan fingerprint density at radius 1 is 1.42 bits per heavy atom. The first-order valence-corrected chi connectivity index (χ1v) is 8.37. The Labute approximate surface area is 156 Å². The molecule has 0 saturated carbocycles. The van der Waals surface area contributed by atoms with E-state index in [2.05, 4.69) is 4.98 Å². The average molecular weight is 374 g/mol. The molecule has 134 valence electrons. The molecule has 1 aliphatic rings. The number of benzene rings is 1. The summed E-state index contributed by atoms with van der Waals surface area (Å²) in [6.07, 6.45) is 1.27. The van der Waals surface area contributed by atoms with Gasteiger partial charge in [-0.2, -0.15) is 5.26 Å². The number of aromatic nitrogens is 1. The van der Waals surface area contributed by atoms with Crippen LogP contribution in [0.4, 0.5) is 14.9 Å². The van der Waals surface area contributed by atoms with E-state index in [-0.39, 0.29) is 5.56 Å². The minimum atomic E-state index is -0.704. The first kappa shape index (κ1) is 18.2. The molecule has 0 radical (unpaired) electrons. The Kier molecular flexibility index (Phi) is 4.37. The molecular formula is C19H17ClFN3O2. The van der Waals surface area contributed by atoms with E-state index in [0.717, 1.165) is 0 Å². The maximum absolute atomic E-state index is 14.6. The third-order valence-corrected chi connectivity index (χ3v) is 4.26. The Balaban J connectivity index is 2.17. The third kappa shape index (κ3) is 3.11. The zero-order valence-electron chi connectivity index (χ0n) is 14.9. The second-order valence-electron chi connectivity index (χ2n) is 7.08. The van der Waals surface area contributed by atoms with Crippen molar-refractivity contribution in [3.05, 3.63) is 46.0 Å². The molecular weight excluding hydrogens is 357 g/mol. The second-order valence-corrected chi connectivity index (χ2v) is 7.52. The number of hydrogen-bond donors (Lipinski definition) is 0. The van der Waals surface area contributed by atoms with Crippen LogP contribution in [-0.4, -0.2) is 23.7 Å². The van der Waals surface area contributed by atoms with Crippen molar-refractivity contribution in [2.45, 2.75) is 32.8 Å². The number of pyridine rings is 1. The molecule has 0 aliphatic heterocycles. The molecule has 7 heteroatoms. The van der Waals surface area contributed by atoms with E-state index in [1.807, 2.05) is 6.07 Å². The Hall–Kier alpha value is -2.65. The van der Waals surface area contributed by atoms with Crippen LogP contribution >= 0.6 is 11.6 Å². The van der Waals surface area contributed by atoms with Crippen molar-refractivity contribution < 1.29 is 13.9 Å². The summed E-state index contributed by atoms with van der Waals surface area (Å²) in [7, 11) is 1.51. The number of halogens is 2. The molecule has 0 fully saturated rings. The lowest BCUT2D eigenvalue weighted by Gasteiger charge is -2.26. The molecule has 1 amide bonds. The van der Waals surface area contributed by atoms with Gasteiger partial charge < -0.3 is 4.74 Å². The number of amides is 1. The maximum Gasteiger partial charge on any atom is 0.414 e.